The molecule has 2 rings (SSSR count). The van der Waals surface area contributed by atoms with Crippen LogP contribution < -0.4 is 0 Å². The van der Waals surface area contributed by atoms with Crippen LogP contribution in [-0.2, 0) is 14.6 Å². The van der Waals surface area contributed by atoms with Crippen LogP contribution in [0.15, 0.2) is 30.3 Å². The Bertz CT molecular complexity index is 652. The molecule has 1 aromatic carbocycles. The minimum atomic E-state index is -3.02. The van der Waals surface area contributed by atoms with Crippen LogP contribution in [0.1, 0.15) is 25.3 Å². The fourth-order valence-electron chi connectivity index (χ4n) is 2.57. The van der Waals surface area contributed by atoms with Crippen molar-refractivity contribution in [2.24, 2.45) is 0 Å². The summed E-state index contributed by atoms with van der Waals surface area (Å²) in [5, 5.41) is 0. The van der Waals surface area contributed by atoms with Crippen LogP contribution >= 0.6 is 0 Å². The molecule has 6 heteroatoms. The third-order valence-electron chi connectivity index (χ3n) is 3.69. The molecule has 0 spiro atoms. The molecule has 0 bridgehead atoms. The van der Waals surface area contributed by atoms with Crippen LogP contribution in [-0.4, -0.2) is 43.3 Å². The molecule has 1 heterocycles. The highest BCUT2D eigenvalue weighted by Gasteiger charge is 2.33. The van der Waals surface area contributed by atoms with Gasteiger partial charge in [0.05, 0.1) is 11.5 Å². The van der Waals surface area contributed by atoms with E-state index >= 15 is 0 Å². The van der Waals surface area contributed by atoms with Crippen LogP contribution in [0.25, 0.3) is 6.08 Å². The summed E-state index contributed by atoms with van der Waals surface area (Å²) >= 11 is 0. The summed E-state index contributed by atoms with van der Waals surface area (Å²) in [5.41, 5.74) is 0.727. The van der Waals surface area contributed by atoms with Gasteiger partial charge in [0.15, 0.2) is 9.84 Å². The summed E-state index contributed by atoms with van der Waals surface area (Å²) in [6.45, 7) is 2.49. The van der Waals surface area contributed by atoms with Crippen molar-refractivity contribution in [3.8, 4) is 0 Å². The Kier molecular flexibility index (Phi) is 5.34. The predicted octanol–water partition coefficient (Wildman–Crippen LogP) is 2.26. The van der Waals surface area contributed by atoms with E-state index in [0.717, 1.165) is 12.0 Å². The lowest BCUT2D eigenvalue weighted by Crippen LogP contribution is -2.40. The molecule has 1 aromatic rings. The molecule has 4 nitrogen and oxygen atoms in total. The van der Waals surface area contributed by atoms with Crippen molar-refractivity contribution >= 4 is 21.8 Å². The molecule has 1 saturated heterocycles. The van der Waals surface area contributed by atoms with Crippen molar-refractivity contribution in [1.82, 2.24) is 4.90 Å². The van der Waals surface area contributed by atoms with Gasteiger partial charge in [0.25, 0.3) is 0 Å². The summed E-state index contributed by atoms with van der Waals surface area (Å²) in [6, 6.07) is 5.59. The Balaban J connectivity index is 2.08. The van der Waals surface area contributed by atoms with Gasteiger partial charge < -0.3 is 4.90 Å². The zero-order chi connectivity index (χ0) is 16.2. The van der Waals surface area contributed by atoms with Gasteiger partial charge in [0.1, 0.15) is 5.82 Å². The Morgan fingerprint density at radius 3 is 2.59 bits per heavy atom. The molecule has 1 aliphatic heterocycles. The number of halogens is 1. The molecule has 1 aliphatic rings. The van der Waals surface area contributed by atoms with Crippen LogP contribution in [0.4, 0.5) is 4.39 Å². The monoisotopic (exact) mass is 325 g/mol. The first-order chi connectivity index (χ1) is 10.4. The largest absolute Gasteiger partial charge is 0.335 e. The highest BCUT2D eigenvalue weighted by atomic mass is 32.2. The number of carbonyl (C=O) groups is 1. The second-order valence-corrected chi connectivity index (χ2v) is 7.70. The first kappa shape index (κ1) is 16.7. The van der Waals surface area contributed by atoms with E-state index in [1.165, 1.54) is 18.2 Å². The molecule has 1 fully saturated rings. The van der Waals surface area contributed by atoms with Crippen LogP contribution in [0.3, 0.4) is 0 Å². The van der Waals surface area contributed by atoms with Gasteiger partial charge in [0.2, 0.25) is 5.91 Å². The molecule has 1 atom stereocenters. The lowest BCUT2D eigenvalue weighted by Gasteiger charge is -2.26. The maximum atomic E-state index is 12.8. The van der Waals surface area contributed by atoms with Crippen LogP contribution in [0.5, 0.6) is 0 Å². The smallest absolute Gasteiger partial charge is 0.246 e. The third kappa shape index (κ3) is 4.40. The van der Waals surface area contributed by atoms with Gasteiger partial charge in [0, 0.05) is 18.7 Å². The molecule has 120 valence electrons. The van der Waals surface area contributed by atoms with E-state index in [1.807, 2.05) is 6.92 Å². The van der Waals surface area contributed by atoms with Gasteiger partial charge in [-0.05, 0) is 36.6 Å². The number of hydrogen-bond donors (Lipinski definition) is 0. The maximum absolute atomic E-state index is 12.8. The molecule has 22 heavy (non-hydrogen) atoms. The molecule has 0 saturated carbocycles. The summed E-state index contributed by atoms with van der Waals surface area (Å²) in [7, 11) is -3.02. The Morgan fingerprint density at radius 2 is 2.05 bits per heavy atom. The van der Waals surface area contributed by atoms with Crippen molar-refractivity contribution < 1.29 is 17.6 Å². The molecule has 0 aromatic heterocycles. The fourth-order valence-corrected chi connectivity index (χ4v) is 4.30. The van der Waals surface area contributed by atoms with E-state index in [9.17, 15) is 17.6 Å². The normalized spacial score (nSPS) is 20.4. The number of hydrogen-bond acceptors (Lipinski definition) is 3. The molecular weight excluding hydrogens is 305 g/mol. The first-order valence-corrected chi connectivity index (χ1v) is 9.18. The SMILES string of the molecule is CCCN(C(=O)C=Cc1ccc(F)cc1)C1CCS(=O)(=O)C1. The first-order valence-electron chi connectivity index (χ1n) is 7.36. The number of carbonyl (C=O) groups excluding carboxylic acids is 1. The summed E-state index contributed by atoms with van der Waals surface area (Å²) in [5.74, 6) is -0.337. The minimum Gasteiger partial charge on any atom is -0.335 e. The quantitative estimate of drug-likeness (QED) is 0.780. The number of amides is 1. The predicted molar refractivity (Wildman–Crippen MR) is 84.5 cm³/mol. The molecule has 0 N–H and O–H groups in total. The van der Waals surface area contributed by atoms with Gasteiger partial charge in [-0.25, -0.2) is 12.8 Å². The van der Waals surface area contributed by atoms with E-state index < -0.39 is 9.84 Å². The zero-order valence-corrected chi connectivity index (χ0v) is 13.4. The molecule has 0 aliphatic carbocycles. The topological polar surface area (TPSA) is 54.5 Å². The average Bonchev–Trinajstić information content (AvgIpc) is 2.83. The van der Waals surface area contributed by atoms with E-state index in [0.29, 0.717) is 13.0 Å². The van der Waals surface area contributed by atoms with Gasteiger partial charge in [-0.1, -0.05) is 19.1 Å². The number of rotatable bonds is 5. The minimum absolute atomic E-state index is 0.0448. The summed E-state index contributed by atoms with van der Waals surface area (Å²) < 4.78 is 36.0. The van der Waals surface area contributed by atoms with E-state index in [4.69, 9.17) is 0 Å². The fraction of sp³-hybridized carbons (Fsp3) is 0.438. The maximum Gasteiger partial charge on any atom is 0.246 e. The van der Waals surface area contributed by atoms with Crippen molar-refractivity contribution in [2.75, 3.05) is 18.1 Å². The van der Waals surface area contributed by atoms with Crippen molar-refractivity contribution in [1.29, 1.82) is 0 Å². The standard InChI is InChI=1S/C16H20FNO3S/c1-2-10-18(15-9-11-22(20,21)12-15)16(19)8-5-13-3-6-14(17)7-4-13/h3-8,15H,2,9-12H2,1H3. The summed E-state index contributed by atoms with van der Waals surface area (Å²) in [6.07, 6.45) is 4.31. The van der Waals surface area contributed by atoms with Gasteiger partial charge >= 0.3 is 0 Å². The molecule has 1 unspecified atom stereocenters. The number of benzene rings is 1. The highest BCUT2D eigenvalue weighted by Crippen LogP contribution is 2.19. The second kappa shape index (κ2) is 7.05. The van der Waals surface area contributed by atoms with Crippen LogP contribution in [0, 0.1) is 5.82 Å². The number of nitrogens with zero attached hydrogens (tertiary/aromatic N) is 1. The molecule has 1 amide bonds. The Hall–Kier alpha value is -1.69. The van der Waals surface area contributed by atoms with Gasteiger partial charge in [-0.2, -0.15) is 0 Å². The highest BCUT2D eigenvalue weighted by molar-refractivity contribution is 7.91. The van der Waals surface area contributed by atoms with Gasteiger partial charge in [-0.3, -0.25) is 4.79 Å². The molecule has 0 radical (unpaired) electrons. The van der Waals surface area contributed by atoms with E-state index in [1.54, 1.807) is 23.1 Å². The van der Waals surface area contributed by atoms with Crippen LogP contribution in [0.2, 0.25) is 0 Å². The third-order valence-corrected chi connectivity index (χ3v) is 5.44. The Labute approximate surface area is 130 Å². The van der Waals surface area contributed by atoms with Crippen molar-refractivity contribution in [3.05, 3.63) is 41.7 Å². The molecular formula is C16H20FNO3S. The van der Waals surface area contributed by atoms with E-state index in [2.05, 4.69) is 0 Å². The van der Waals surface area contributed by atoms with Crippen molar-refractivity contribution in [3.63, 3.8) is 0 Å². The van der Waals surface area contributed by atoms with Crippen molar-refractivity contribution in [2.45, 2.75) is 25.8 Å². The summed E-state index contributed by atoms with van der Waals surface area (Å²) in [4.78, 5) is 14.0. The lowest BCUT2D eigenvalue weighted by molar-refractivity contribution is -0.127. The number of sulfone groups is 1. The zero-order valence-electron chi connectivity index (χ0n) is 12.5. The van der Waals surface area contributed by atoms with E-state index in [-0.39, 0.29) is 29.3 Å². The van der Waals surface area contributed by atoms with Gasteiger partial charge in [-0.15, -0.1) is 0 Å². The second-order valence-electron chi connectivity index (χ2n) is 5.47. The average molecular weight is 325 g/mol. The lowest BCUT2D eigenvalue weighted by atomic mass is 10.1. The Morgan fingerprint density at radius 1 is 1.36 bits per heavy atom.